The Bertz CT molecular complexity index is 284. The van der Waals surface area contributed by atoms with E-state index >= 15 is 0 Å². The minimum atomic E-state index is -0.00363. The van der Waals surface area contributed by atoms with E-state index in [1.165, 1.54) is 19.3 Å². The van der Waals surface area contributed by atoms with Crippen LogP contribution < -0.4 is 5.32 Å². The minimum Gasteiger partial charge on any atom is -0.325 e. The molecule has 0 aromatic rings. The van der Waals surface area contributed by atoms with Gasteiger partial charge in [-0.15, -0.1) is 0 Å². The highest BCUT2D eigenvalue weighted by Crippen LogP contribution is 2.41. The highest BCUT2D eigenvalue weighted by molar-refractivity contribution is 5.84. The zero-order chi connectivity index (χ0) is 11.9. The first-order valence-corrected chi connectivity index (χ1v) is 6.49. The molecular formula is C13H24N2O. The van der Waals surface area contributed by atoms with Crippen LogP contribution in [0.5, 0.6) is 0 Å². The Morgan fingerprint density at radius 3 is 2.56 bits per heavy atom. The van der Waals surface area contributed by atoms with Gasteiger partial charge >= 0.3 is 0 Å². The van der Waals surface area contributed by atoms with Crippen molar-refractivity contribution in [3.63, 3.8) is 0 Å². The van der Waals surface area contributed by atoms with Crippen LogP contribution in [0.2, 0.25) is 0 Å². The number of nitrogens with one attached hydrogen (secondary N) is 1. The molecule has 92 valence electrons. The Morgan fingerprint density at radius 2 is 2.12 bits per heavy atom. The summed E-state index contributed by atoms with van der Waals surface area (Å²) in [6.07, 6.45) is 4.11. The highest BCUT2D eigenvalue weighted by Gasteiger charge is 2.43. The van der Waals surface area contributed by atoms with Crippen molar-refractivity contribution in [1.82, 2.24) is 10.2 Å². The summed E-state index contributed by atoms with van der Waals surface area (Å²) in [4.78, 5) is 14.2. The minimum absolute atomic E-state index is 0.00363. The third-order valence-electron chi connectivity index (χ3n) is 4.15. The van der Waals surface area contributed by atoms with Crippen molar-refractivity contribution in [2.24, 2.45) is 11.3 Å². The molecule has 0 radical (unpaired) electrons. The van der Waals surface area contributed by atoms with Crippen LogP contribution >= 0.6 is 0 Å². The lowest BCUT2D eigenvalue weighted by atomic mass is 9.70. The fraction of sp³-hybridized carbons (Fsp3) is 0.923. The molecule has 2 aliphatic rings. The first-order valence-electron chi connectivity index (χ1n) is 6.49. The summed E-state index contributed by atoms with van der Waals surface area (Å²) in [5, 5.41) is 3.40. The largest absolute Gasteiger partial charge is 0.325 e. The summed E-state index contributed by atoms with van der Waals surface area (Å²) in [5.74, 6) is 0.768. The lowest BCUT2D eigenvalue weighted by Gasteiger charge is -2.43. The summed E-state index contributed by atoms with van der Waals surface area (Å²) in [6, 6.07) is -0.00363. The van der Waals surface area contributed by atoms with E-state index in [0.717, 1.165) is 6.54 Å². The zero-order valence-corrected chi connectivity index (χ0v) is 10.9. The molecule has 2 atom stereocenters. The van der Waals surface area contributed by atoms with Crippen molar-refractivity contribution in [1.29, 1.82) is 0 Å². The number of carbonyl (C=O) groups is 1. The quantitative estimate of drug-likeness (QED) is 0.795. The van der Waals surface area contributed by atoms with E-state index in [1.807, 2.05) is 6.92 Å². The van der Waals surface area contributed by atoms with Crippen LogP contribution in [0.15, 0.2) is 0 Å². The van der Waals surface area contributed by atoms with Crippen LogP contribution in [-0.2, 0) is 4.79 Å². The van der Waals surface area contributed by atoms with Crippen molar-refractivity contribution in [2.45, 2.75) is 59.2 Å². The second kappa shape index (κ2) is 4.02. The summed E-state index contributed by atoms with van der Waals surface area (Å²) >= 11 is 0. The van der Waals surface area contributed by atoms with Gasteiger partial charge in [0, 0.05) is 6.54 Å². The van der Waals surface area contributed by atoms with Gasteiger partial charge < -0.3 is 4.90 Å². The van der Waals surface area contributed by atoms with E-state index in [9.17, 15) is 4.79 Å². The molecule has 0 bridgehead atoms. The lowest BCUT2D eigenvalue weighted by molar-refractivity contribution is -0.132. The van der Waals surface area contributed by atoms with Gasteiger partial charge in [-0.3, -0.25) is 10.1 Å². The molecule has 2 unspecified atom stereocenters. The van der Waals surface area contributed by atoms with E-state index in [2.05, 4.69) is 31.0 Å². The molecule has 1 saturated heterocycles. The molecule has 0 aromatic heterocycles. The van der Waals surface area contributed by atoms with Gasteiger partial charge in [0.15, 0.2) is 0 Å². The monoisotopic (exact) mass is 224 g/mol. The average molecular weight is 224 g/mol. The topological polar surface area (TPSA) is 32.3 Å². The second-order valence-electron chi connectivity index (χ2n) is 6.21. The Kier molecular flexibility index (Phi) is 2.99. The number of carbonyl (C=O) groups excluding carboxylic acids is 1. The maximum absolute atomic E-state index is 12.1. The highest BCUT2D eigenvalue weighted by atomic mass is 16.2. The van der Waals surface area contributed by atoms with Gasteiger partial charge in [0.05, 0.1) is 12.2 Å². The predicted octanol–water partition coefficient (Wildman–Crippen LogP) is 1.98. The van der Waals surface area contributed by atoms with Crippen molar-refractivity contribution in [3.8, 4) is 0 Å². The van der Waals surface area contributed by atoms with Crippen LogP contribution in [-0.4, -0.2) is 29.6 Å². The lowest BCUT2D eigenvalue weighted by Crippen LogP contribution is -2.48. The maximum Gasteiger partial charge on any atom is 0.240 e. The van der Waals surface area contributed by atoms with Gasteiger partial charge in [0.1, 0.15) is 0 Å². The van der Waals surface area contributed by atoms with E-state index in [0.29, 0.717) is 11.3 Å². The van der Waals surface area contributed by atoms with Gasteiger partial charge in [0.2, 0.25) is 5.91 Å². The molecule has 16 heavy (non-hydrogen) atoms. The van der Waals surface area contributed by atoms with Crippen molar-refractivity contribution >= 4 is 5.91 Å². The smallest absolute Gasteiger partial charge is 0.240 e. The zero-order valence-electron chi connectivity index (χ0n) is 10.9. The number of hydrogen-bond acceptors (Lipinski definition) is 2. The van der Waals surface area contributed by atoms with E-state index in [4.69, 9.17) is 0 Å². The van der Waals surface area contributed by atoms with Gasteiger partial charge in [-0.1, -0.05) is 27.2 Å². The van der Waals surface area contributed by atoms with Crippen LogP contribution in [0.1, 0.15) is 47.0 Å². The Labute approximate surface area is 98.6 Å². The third-order valence-corrected chi connectivity index (χ3v) is 4.15. The molecular weight excluding hydrogens is 200 g/mol. The molecule has 1 saturated carbocycles. The van der Waals surface area contributed by atoms with Crippen LogP contribution in [0, 0.1) is 11.3 Å². The Balaban J connectivity index is 2.07. The fourth-order valence-electron chi connectivity index (χ4n) is 2.88. The van der Waals surface area contributed by atoms with E-state index in [-0.39, 0.29) is 18.1 Å². The maximum atomic E-state index is 12.1. The molecule has 2 rings (SSSR count). The summed E-state index contributed by atoms with van der Waals surface area (Å²) in [7, 11) is 0. The number of amides is 1. The first kappa shape index (κ1) is 11.9. The Hall–Kier alpha value is -0.570. The van der Waals surface area contributed by atoms with Gasteiger partial charge in [0.25, 0.3) is 0 Å². The molecule has 0 aromatic carbocycles. The van der Waals surface area contributed by atoms with Crippen molar-refractivity contribution in [2.75, 3.05) is 6.54 Å². The molecule has 3 nitrogen and oxygen atoms in total. The molecule has 3 heteroatoms. The average Bonchev–Trinajstić information content (AvgIpc) is 2.43. The standard InChI is InChI=1S/C13H24N2O/c1-9(2)11-14-10(3)12(16)15(11)8-13(4)6-5-7-13/h9-11,14H,5-8H2,1-4H3. The third kappa shape index (κ3) is 1.97. The van der Waals surface area contributed by atoms with E-state index in [1.54, 1.807) is 0 Å². The first-order chi connectivity index (χ1) is 7.43. The summed E-state index contributed by atoms with van der Waals surface area (Å²) in [6.45, 7) is 9.58. The van der Waals surface area contributed by atoms with Crippen molar-refractivity contribution in [3.05, 3.63) is 0 Å². The molecule has 1 heterocycles. The van der Waals surface area contributed by atoms with E-state index < -0.39 is 0 Å². The number of rotatable bonds is 3. The van der Waals surface area contributed by atoms with Gasteiger partial charge in [-0.25, -0.2) is 0 Å². The fourth-order valence-corrected chi connectivity index (χ4v) is 2.88. The number of nitrogens with zero attached hydrogens (tertiary/aromatic N) is 1. The van der Waals surface area contributed by atoms with Crippen LogP contribution in [0.25, 0.3) is 0 Å². The second-order valence-corrected chi connectivity index (χ2v) is 6.21. The van der Waals surface area contributed by atoms with Crippen molar-refractivity contribution < 1.29 is 4.79 Å². The molecule has 2 fully saturated rings. The summed E-state index contributed by atoms with van der Waals surface area (Å²) < 4.78 is 0. The molecule has 1 amide bonds. The molecule has 1 aliphatic heterocycles. The number of hydrogen-bond donors (Lipinski definition) is 1. The Morgan fingerprint density at radius 1 is 1.50 bits per heavy atom. The SMILES string of the molecule is CC1NC(C(C)C)N(CC2(C)CCC2)C1=O. The van der Waals surface area contributed by atoms with Crippen LogP contribution in [0.4, 0.5) is 0 Å². The summed E-state index contributed by atoms with van der Waals surface area (Å²) in [5.41, 5.74) is 0.383. The normalized spacial score (nSPS) is 33.3. The predicted molar refractivity (Wildman–Crippen MR) is 64.9 cm³/mol. The molecule has 0 spiro atoms. The van der Waals surface area contributed by atoms with Gasteiger partial charge in [-0.2, -0.15) is 0 Å². The molecule has 1 aliphatic carbocycles. The van der Waals surface area contributed by atoms with Crippen LogP contribution in [0.3, 0.4) is 0 Å². The van der Waals surface area contributed by atoms with Gasteiger partial charge in [-0.05, 0) is 31.1 Å². The molecule has 1 N–H and O–H groups in total.